The second-order valence-electron chi connectivity index (χ2n) is 6.28. The fraction of sp³-hybridized carbons (Fsp3) is 0.444. The predicted octanol–water partition coefficient (Wildman–Crippen LogP) is 3.14. The molecular weight excluding hydrogens is 344 g/mol. The van der Waals surface area contributed by atoms with Crippen molar-refractivity contribution in [1.82, 2.24) is 14.8 Å². The largest absolute Gasteiger partial charge is 0.449 e. The van der Waals surface area contributed by atoms with Gasteiger partial charge >= 0.3 is 6.09 Å². The molecule has 8 heteroatoms. The van der Waals surface area contributed by atoms with Crippen LogP contribution in [-0.4, -0.2) is 59.6 Å². The van der Waals surface area contributed by atoms with Crippen LogP contribution < -0.4 is 0 Å². The number of piperazine rings is 1. The molecule has 2 amide bonds. The van der Waals surface area contributed by atoms with E-state index < -0.39 is 11.6 Å². The van der Waals surface area contributed by atoms with Crippen LogP contribution in [-0.2, 0) is 4.74 Å². The van der Waals surface area contributed by atoms with Crippen LogP contribution in [0.3, 0.4) is 0 Å². The lowest BCUT2D eigenvalue weighted by Crippen LogP contribution is -2.50. The number of amides is 2. The van der Waals surface area contributed by atoms with Crippen molar-refractivity contribution < 1.29 is 23.1 Å². The van der Waals surface area contributed by atoms with E-state index >= 15 is 0 Å². The monoisotopic (exact) mass is 365 g/mol. The lowest BCUT2D eigenvalue weighted by Gasteiger charge is -2.33. The number of H-pyrrole nitrogens is 1. The summed E-state index contributed by atoms with van der Waals surface area (Å²) in [7, 11) is 0. The third-order valence-corrected chi connectivity index (χ3v) is 4.44. The first kappa shape index (κ1) is 18.2. The van der Waals surface area contributed by atoms with Crippen molar-refractivity contribution in [2.45, 2.75) is 19.8 Å². The Morgan fingerprint density at radius 1 is 1.08 bits per heavy atom. The molecule has 1 aliphatic heterocycles. The van der Waals surface area contributed by atoms with Crippen molar-refractivity contribution in [2.75, 3.05) is 32.8 Å². The second-order valence-corrected chi connectivity index (χ2v) is 6.28. The highest BCUT2D eigenvalue weighted by Crippen LogP contribution is 2.20. The van der Waals surface area contributed by atoms with Crippen LogP contribution >= 0.6 is 0 Å². The van der Waals surface area contributed by atoms with Crippen molar-refractivity contribution in [3.63, 3.8) is 0 Å². The third-order valence-electron chi connectivity index (χ3n) is 4.44. The summed E-state index contributed by atoms with van der Waals surface area (Å²) in [5, 5.41) is 0.436. The zero-order valence-corrected chi connectivity index (χ0v) is 14.6. The normalized spacial score (nSPS) is 14.7. The number of carbonyl (C=O) groups excluding carboxylic acids is 2. The van der Waals surface area contributed by atoms with Gasteiger partial charge < -0.3 is 19.5 Å². The lowest BCUT2D eigenvalue weighted by atomic mass is 10.2. The van der Waals surface area contributed by atoms with Crippen LogP contribution in [0.4, 0.5) is 13.6 Å². The summed E-state index contributed by atoms with van der Waals surface area (Å²) in [6.07, 6.45) is 1.42. The molecular formula is C18H21F2N3O3. The maximum absolute atomic E-state index is 13.3. The van der Waals surface area contributed by atoms with Gasteiger partial charge in [-0.1, -0.05) is 13.3 Å². The van der Waals surface area contributed by atoms with Gasteiger partial charge in [0.2, 0.25) is 0 Å². The lowest BCUT2D eigenvalue weighted by molar-refractivity contribution is 0.0554. The minimum atomic E-state index is -0.964. The van der Waals surface area contributed by atoms with E-state index in [0.717, 1.165) is 25.0 Å². The predicted molar refractivity (Wildman–Crippen MR) is 91.9 cm³/mol. The third kappa shape index (κ3) is 3.79. The number of benzene rings is 1. The van der Waals surface area contributed by atoms with Crippen molar-refractivity contribution in [1.29, 1.82) is 0 Å². The van der Waals surface area contributed by atoms with Crippen molar-refractivity contribution in [3.05, 3.63) is 35.5 Å². The molecule has 0 unspecified atom stereocenters. The van der Waals surface area contributed by atoms with Gasteiger partial charge in [0.05, 0.1) is 6.61 Å². The van der Waals surface area contributed by atoms with Crippen molar-refractivity contribution in [2.24, 2.45) is 0 Å². The molecule has 6 nitrogen and oxygen atoms in total. The molecule has 0 saturated carbocycles. The topological polar surface area (TPSA) is 65.6 Å². The molecule has 1 saturated heterocycles. The summed E-state index contributed by atoms with van der Waals surface area (Å²) < 4.78 is 31.8. The van der Waals surface area contributed by atoms with Crippen molar-refractivity contribution in [3.8, 4) is 0 Å². The minimum absolute atomic E-state index is 0.263. The SMILES string of the molecule is CCCCOC(=O)N1CCN(C(=O)c2cc3cc(F)c(F)cc3[nH]2)CC1. The standard InChI is InChI=1S/C18H21F2N3O3/c1-2-3-8-26-18(25)23-6-4-22(5-7-23)17(24)16-10-12-9-13(19)14(20)11-15(12)21-16/h9-11,21H,2-8H2,1H3. The minimum Gasteiger partial charge on any atom is -0.449 e. The zero-order valence-electron chi connectivity index (χ0n) is 14.6. The number of carbonyl (C=O) groups is 2. The molecule has 0 atom stereocenters. The van der Waals surface area contributed by atoms with E-state index in [1.807, 2.05) is 6.92 Å². The Bertz CT molecular complexity index is 774. The van der Waals surface area contributed by atoms with Crippen LogP contribution in [0.1, 0.15) is 30.3 Å². The average molecular weight is 365 g/mol. The number of aromatic nitrogens is 1. The summed E-state index contributed by atoms with van der Waals surface area (Å²) in [6.45, 7) is 3.95. The Balaban J connectivity index is 1.61. The molecule has 3 rings (SSSR count). The fourth-order valence-electron chi connectivity index (χ4n) is 2.90. The summed E-state index contributed by atoms with van der Waals surface area (Å²) in [6, 6.07) is 3.60. The number of hydrogen-bond acceptors (Lipinski definition) is 3. The molecule has 1 aromatic carbocycles. The first-order valence-electron chi connectivity index (χ1n) is 8.68. The molecule has 140 valence electrons. The molecule has 1 fully saturated rings. The number of hydrogen-bond donors (Lipinski definition) is 1. The van der Waals surface area contributed by atoms with Gasteiger partial charge in [-0.2, -0.15) is 0 Å². The van der Waals surface area contributed by atoms with Gasteiger partial charge in [0, 0.05) is 43.1 Å². The molecule has 0 radical (unpaired) electrons. The molecule has 0 spiro atoms. The highest BCUT2D eigenvalue weighted by Gasteiger charge is 2.26. The highest BCUT2D eigenvalue weighted by molar-refractivity contribution is 5.98. The molecule has 1 aliphatic rings. The number of fused-ring (bicyclic) bond motifs is 1. The molecule has 0 bridgehead atoms. The van der Waals surface area contributed by atoms with Crippen LogP contribution in [0.5, 0.6) is 0 Å². The first-order chi connectivity index (χ1) is 12.5. The Morgan fingerprint density at radius 3 is 2.42 bits per heavy atom. The van der Waals surface area contributed by atoms with E-state index in [9.17, 15) is 18.4 Å². The van der Waals surface area contributed by atoms with Gasteiger partial charge in [-0.25, -0.2) is 13.6 Å². The number of halogens is 2. The number of unbranched alkanes of at least 4 members (excludes halogenated alkanes) is 1. The Labute approximate surface area is 149 Å². The molecule has 1 N–H and O–H groups in total. The van der Waals surface area contributed by atoms with E-state index in [1.165, 1.54) is 6.07 Å². The number of nitrogens with one attached hydrogen (secondary N) is 1. The number of ether oxygens (including phenoxy) is 1. The Kier molecular flexibility index (Phi) is 5.39. The van der Waals surface area contributed by atoms with Gasteiger partial charge in [0.15, 0.2) is 11.6 Å². The Morgan fingerprint density at radius 2 is 1.73 bits per heavy atom. The summed E-state index contributed by atoms with van der Waals surface area (Å²) in [5.41, 5.74) is 0.634. The number of rotatable bonds is 4. The van der Waals surface area contributed by atoms with Crippen LogP contribution in [0.2, 0.25) is 0 Å². The zero-order chi connectivity index (χ0) is 18.7. The smallest absolute Gasteiger partial charge is 0.409 e. The van der Waals surface area contributed by atoms with Crippen LogP contribution in [0.15, 0.2) is 18.2 Å². The molecule has 2 aromatic rings. The maximum atomic E-state index is 13.3. The van der Waals surface area contributed by atoms with E-state index in [0.29, 0.717) is 43.7 Å². The van der Waals surface area contributed by atoms with E-state index in [1.54, 1.807) is 9.80 Å². The van der Waals surface area contributed by atoms with Crippen molar-refractivity contribution >= 4 is 22.9 Å². The first-order valence-corrected chi connectivity index (χ1v) is 8.68. The van der Waals surface area contributed by atoms with Gasteiger partial charge in [-0.05, 0) is 18.6 Å². The maximum Gasteiger partial charge on any atom is 0.409 e. The summed E-state index contributed by atoms with van der Waals surface area (Å²) in [5.74, 6) is -2.18. The average Bonchev–Trinajstić information content (AvgIpc) is 3.04. The van der Waals surface area contributed by atoms with E-state index in [2.05, 4.69) is 4.98 Å². The molecule has 0 aliphatic carbocycles. The van der Waals surface area contributed by atoms with Gasteiger partial charge in [-0.15, -0.1) is 0 Å². The summed E-state index contributed by atoms with van der Waals surface area (Å²) >= 11 is 0. The fourth-order valence-corrected chi connectivity index (χ4v) is 2.90. The molecule has 26 heavy (non-hydrogen) atoms. The van der Waals surface area contributed by atoms with E-state index in [-0.39, 0.29) is 17.7 Å². The van der Waals surface area contributed by atoms with Gasteiger partial charge in [0.25, 0.3) is 5.91 Å². The number of nitrogens with zero attached hydrogens (tertiary/aromatic N) is 2. The van der Waals surface area contributed by atoms with Gasteiger partial charge in [0.1, 0.15) is 5.69 Å². The number of aromatic amines is 1. The van der Waals surface area contributed by atoms with Crippen LogP contribution in [0.25, 0.3) is 10.9 Å². The summed E-state index contributed by atoms with van der Waals surface area (Å²) in [4.78, 5) is 30.5. The highest BCUT2D eigenvalue weighted by atomic mass is 19.2. The van der Waals surface area contributed by atoms with Crippen LogP contribution in [0, 0.1) is 11.6 Å². The molecule has 1 aromatic heterocycles. The Hall–Kier alpha value is -2.64. The molecule has 2 heterocycles. The quantitative estimate of drug-likeness (QED) is 0.847. The van der Waals surface area contributed by atoms with Gasteiger partial charge in [-0.3, -0.25) is 4.79 Å². The second kappa shape index (κ2) is 7.72. The van der Waals surface area contributed by atoms with E-state index in [4.69, 9.17) is 4.74 Å².